The molecule has 0 spiro atoms. The molecule has 1 aromatic heterocycles. The quantitative estimate of drug-likeness (QED) is 0.773. The largest absolute Gasteiger partial charge is 0.449 e. The first-order valence-electron chi connectivity index (χ1n) is 5.53. The summed E-state index contributed by atoms with van der Waals surface area (Å²) >= 11 is 0. The molecule has 2 aromatic rings. The molecule has 0 amide bonds. The summed E-state index contributed by atoms with van der Waals surface area (Å²) in [5.74, 6) is 0. The van der Waals surface area contributed by atoms with Gasteiger partial charge in [-0.2, -0.15) is 0 Å². The van der Waals surface area contributed by atoms with Crippen LogP contribution in [0.5, 0.6) is 0 Å². The summed E-state index contributed by atoms with van der Waals surface area (Å²) in [6, 6.07) is 8.07. The highest BCUT2D eigenvalue weighted by molar-refractivity contribution is 5.89. The van der Waals surface area contributed by atoms with Crippen LogP contribution in [0.25, 0.3) is 10.9 Å². The van der Waals surface area contributed by atoms with Crippen molar-refractivity contribution >= 4 is 17.0 Å². The van der Waals surface area contributed by atoms with Gasteiger partial charge in [-0.3, -0.25) is 4.57 Å². The molecular formula is C13H15NO2. The fraction of sp³-hybridized carbons (Fsp3) is 0.308. The van der Waals surface area contributed by atoms with Crippen LogP contribution in [0.2, 0.25) is 0 Å². The molecule has 0 fully saturated rings. The number of ether oxygens (including phenoxy) is 1. The Morgan fingerprint density at radius 1 is 1.31 bits per heavy atom. The lowest BCUT2D eigenvalue weighted by Gasteiger charge is -2.04. The number of fused-ring (bicyclic) bond motifs is 1. The highest BCUT2D eigenvalue weighted by atomic mass is 16.5. The Kier molecular flexibility index (Phi) is 2.95. The third-order valence-corrected chi connectivity index (χ3v) is 2.63. The third-order valence-electron chi connectivity index (χ3n) is 2.63. The van der Waals surface area contributed by atoms with Crippen molar-refractivity contribution in [3.63, 3.8) is 0 Å². The first kappa shape index (κ1) is 10.7. The van der Waals surface area contributed by atoms with Gasteiger partial charge in [-0.05, 0) is 31.0 Å². The minimum absolute atomic E-state index is 0.314. The third kappa shape index (κ3) is 1.81. The fourth-order valence-electron chi connectivity index (χ4n) is 1.75. The Labute approximate surface area is 94.6 Å². The van der Waals surface area contributed by atoms with Crippen LogP contribution in [-0.2, 0) is 11.2 Å². The number of hydrogen-bond acceptors (Lipinski definition) is 2. The van der Waals surface area contributed by atoms with Crippen LogP contribution in [0.15, 0.2) is 30.5 Å². The molecule has 0 N–H and O–H groups in total. The smallest absolute Gasteiger partial charge is 0.418 e. The number of hydrogen-bond donors (Lipinski definition) is 0. The van der Waals surface area contributed by atoms with E-state index < -0.39 is 0 Å². The van der Waals surface area contributed by atoms with E-state index in [1.165, 1.54) is 5.56 Å². The molecule has 3 heteroatoms. The lowest BCUT2D eigenvalue weighted by Crippen LogP contribution is -2.12. The monoisotopic (exact) mass is 217 g/mol. The molecule has 0 aliphatic carbocycles. The molecule has 0 aliphatic rings. The van der Waals surface area contributed by atoms with Crippen LogP contribution in [0.4, 0.5) is 4.79 Å². The Morgan fingerprint density at radius 2 is 2.12 bits per heavy atom. The van der Waals surface area contributed by atoms with Crippen LogP contribution in [0.3, 0.4) is 0 Å². The highest BCUT2D eigenvalue weighted by Gasteiger charge is 2.09. The molecule has 2 rings (SSSR count). The van der Waals surface area contributed by atoms with Crippen LogP contribution in [0, 0.1) is 0 Å². The molecular weight excluding hydrogens is 202 g/mol. The van der Waals surface area contributed by atoms with Crippen LogP contribution < -0.4 is 0 Å². The number of carbonyl (C=O) groups excluding carboxylic acids is 1. The molecule has 0 unspecified atom stereocenters. The first-order valence-corrected chi connectivity index (χ1v) is 5.53. The second-order valence-corrected chi connectivity index (χ2v) is 3.63. The normalized spacial score (nSPS) is 10.6. The van der Waals surface area contributed by atoms with Gasteiger partial charge in [-0.1, -0.05) is 19.1 Å². The van der Waals surface area contributed by atoms with Crippen molar-refractivity contribution in [1.82, 2.24) is 4.57 Å². The molecule has 84 valence electrons. The van der Waals surface area contributed by atoms with E-state index in [1.54, 1.807) is 17.7 Å². The molecule has 0 aliphatic heterocycles. The number of rotatable bonds is 2. The number of nitrogens with zero attached hydrogens (tertiary/aromatic N) is 1. The van der Waals surface area contributed by atoms with Crippen LogP contribution in [-0.4, -0.2) is 17.3 Å². The van der Waals surface area contributed by atoms with Crippen molar-refractivity contribution in [3.05, 3.63) is 36.0 Å². The standard InChI is InChI=1S/C13H15NO2/c1-3-10-5-6-11-7-8-14(12(11)9-10)13(15)16-4-2/h5-9H,3-4H2,1-2H3. The van der Waals surface area contributed by atoms with Gasteiger partial charge in [-0.25, -0.2) is 4.79 Å². The lowest BCUT2D eigenvalue weighted by molar-refractivity contribution is 0.155. The summed E-state index contributed by atoms with van der Waals surface area (Å²) in [7, 11) is 0. The maximum absolute atomic E-state index is 11.7. The van der Waals surface area contributed by atoms with Gasteiger partial charge in [0.05, 0.1) is 12.1 Å². The van der Waals surface area contributed by atoms with Gasteiger partial charge in [0.1, 0.15) is 0 Å². The van der Waals surface area contributed by atoms with Crippen molar-refractivity contribution in [2.45, 2.75) is 20.3 Å². The number of carbonyl (C=O) groups is 1. The number of aromatic nitrogens is 1. The Morgan fingerprint density at radius 3 is 2.81 bits per heavy atom. The van der Waals surface area contributed by atoms with Crippen LogP contribution >= 0.6 is 0 Å². The minimum Gasteiger partial charge on any atom is -0.449 e. The van der Waals surface area contributed by atoms with Gasteiger partial charge >= 0.3 is 6.09 Å². The topological polar surface area (TPSA) is 31.2 Å². The summed E-state index contributed by atoms with van der Waals surface area (Å²) in [4.78, 5) is 11.7. The summed E-state index contributed by atoms with van der Waals surface area (Å²) < 4.78 is 6.55. The van der Waals surface area contributed by atoms with Gasteiger partial charge in [0, 0.05) is 11.6 Å². The second kappa shape index (κ2) is 4.39. The van der Waals surface area contributed by atoms with E-state index in [0.717, 1.165) is 17.3 Å². The van der Waals surface area contributed by atoms with Gasteiger partial charge in [0.15, 0.2) is 0 Å². The predicted molar refractivity (Wildman–Crippen MR) is 63.7 cm³/mol. The molecule has 0 saturated carbocycles. The fourth-order valence-corrected chi connectivity index (χ4v) is 1.75. The zero-order valence-corrected chi connectivity index (χ0v) is 9.56. The molecule has 0 bridgehead atoms. The van der Waals surface area contributed by atoms with Crippen molar-refractivity contribution in [2.24, 2.45) is 0 Å². The van der Waals surface area contributed by atoms with E-state index in [-0.39, 0.29) is 6.09 Å². The first-order chi connectivity index (χ1) is 7.76. The molecule has 0 radical (unpaired) electrons. The SMILES string of the molecule is CCOC(=O)n1ccc2ccc(CC)cc21. The molecule has 1 aromatic carbocycles. The molecule has 0 saturated heterocycles. The summed E-state index contributed by atoms with van der Waals surface area (Å²) in [5.41, 5.74) is 2.13. The zero-order valence-electron chi connectivity index (χ0n) is 9.56. The maximum Gasteiger partial charge on any atom is 0.418 e. The molecule has 3 nitrogen and oxygen atoms in total. The van der Waals surface area contributed by atoms with Gasteiger partial charge in [0.25, 0.3) is 0 Å². The molecule has 0 atom stereocenters. The maximum atomic E-state index is 11.7. The lowest BCUT2D eigenvalue weighted by atomic mass is 10.1. The van der Waals surface area contributed by atoms with E-state index in [9.17, 15) is 4.79 Å². The Bertz CT molecular complexity index is 514. The number of aryl methyl sites for hydroxylation is 1. The zero-order chi connectivity index (χ0) is 11.5. The van der Waals surface area contributed by atoms with Gasteiger partial charge in [0.2, 0.25) is 0 Å². The highest BCUT2D eigenvalue weighted by Crippen LogP contribution is 2.18. The average molecular weight is 217 g/mol. The van der Waals surface area contributed by atoms with Gasteiger partial charge < -0.3 is 4.74 Å². The molecule has 1 heterocycles. The Hall–Kier alpha value is -1.77. The Balaban J connectivity index is 2.49. The average Bonchev–Trinajstić information content (AvgIpc) is 2.71. The summed E-state index contributed by atoms with van der Waals surface area (Å²) in [5, 5.41) is 1.06. The van der Waals surface area contributed by atoms with Crippen molar-refractivity contribution in [2.75, 3.05) is 6.61 Å². The summed E-state index contributed by atoms with van der Waals surface area (Å²) in [6.07, 6.45) is 2.40. The number of benzene rings is 1. The van der Waals surface area contributed by atoms with Crippen molar-refractivity contribution in [1.29, 1.82) is 0 Å². The minimum atomic E-state index is -0.314. The molecule has 16 heavy (non-hydrogen) atoms. The van der Waals surface area contributed by atoms with Crippen molar-refractivity contribution < 1.29 is 9.53 Å². The van der Waals surface area contributed by atoms with Crippen LogP contribution in [0.1, 0.15) is 19.4 Å². The van der Waals surface area contributed by atoms with E-state index in [2.05, 4.69) is 13.0 Å². The van der Waals surface area contributed by atoms with Gasteiger partial charge in [-0.15, -0.1) is 0 Å². The van der Waals surface area contributed by atoms with E-state index >= 15 is 0 Å². The van der Waals surface area contributed by atoms with E-state index in [1.807, 2.05) is 18.2 Å². The summed E-state index contributed by atoms with van der Waals surface area (Å²) in [6.45, 7) is 4.30. The predicted octanol–water partition coefficient (Wildman–Crippen LogP) is 3.21. The van der Waals surface area contributed by atoms with E-state index in [0.29, 0.717) is 6.61 Å². The van der Waals surface area contributed by atoms with Crippen molar-refractivity contribution in [3.8, 4) is 0 Å². The van der Waals surface area contributed by atoms with E-state index in [4.69, 9.17) is 4.74 Å². The second-order valence-electron chi connectivity index (χ2n) is 3.63.